The third-order valence-electron chi connectivity index (χ3n) is 1.87. The molecule has 0 amide bonds. The molecule has 0 aliphatic heterocycles. The van der Waals surface area contributed by atoms with Gasteiger partial charge in [-0.3, -0.25) is 4.79 Å². The quantitative estimate of drug-likeness (QED) is 0.797. The molecule has 0 saturated heterocycles. The van der Waals surface area contributed by atoms with Crippen LogP contribution in [0, 0.1) is 5.82 Å². The van der Waals surface area contributed by atoms with Crippen molar-refractivity contribution in [2.45, 2.75) is 0 Å². The standard InChI is InChI=1S/C10H6BrFN2O/c11-7-2-3-8(9(12)6-7)10(15)14-5-1-4-13-14/h1-6H. The molecule has 0 radical (unpaired) electrons. The predicted molar refractivity (Wildman–Crippen MR) is 56.1 cm³/mol. The number of aromatic nitrogens is 2. The molecule has 0 aliphatic rings. The predicted octanol–water partition coefficient (Wildman–Crippen LogP) is 2.47. The molecule has 1 aromatic carbocycles. The molecule has 2 rings (SSSR count). The number of halogens is 2. The second-order valence-electron chi connectivity index (χ2n) is 2.88. The van der Waals surface area contributed by atoms with E-state index in [2.05, 4.69) is 21.0 Å². The van der Waals surface area contributed by atoms with Gasteiger partial charge in [-0.2, -0.15) is 5.10 Å². The summed E-state index contributed by atoms with van der Waals surface area (Å²) in [4.78, 5) is 11.7. The molecule has 1 heterocycles. The van der Waals surface area contributed by atoms with E-state index < -0.39 is 11.7 Å². The molecule has 0 spiro atoms. The number of rotatable bonds is 1. The van der Waals surface area contributed by atoms with Crippen LogP contribution in [0.2, 0.25) is 0 Å². The van der Waals surface area contributed by atoms with Gasteiger partial charge in [0.1, 0.15) is 5.82 Å². The van der Waals surface area contributed by atoms with E-state index in [-0.39, 0.29) is 5.56 Å². The highest BCUT2D eigenvalue weighted by atomic mass is 79.9. The van der Waals surface area contributed by atoms with Gasteiger partial charge in [0.25, 0.3) is 5.91 Å². The Morgan fingerprint density at radius 3 is 2.87 bits per heavy atom. The fraction of sp³-hybridized carbons (Fsp3) is 0. The van der Waals surface area contributed by atoms with Gasteiger partial charge in [0.2, 0.25) is 0 Å². The van der Waals surface area contributed by atoms with E-state index in [0.717, 1.165) is 4.68 Å². The number of benzene rings is 1. The van der Waals surface area contributed by atoms with Gasteiger partial charge >= 0.3 is 0 Å². The van der Waals surface area contributed by atoms with Crippen LogP contribution in [0.15, 0.2) is 41.1 Å². The molecule has 3 nitrogen and oxygen atoms in total. The Hall–Kier alpha value is -1.49. The lowest BCUT2D eigenvalue weighted by molar-refractivity contribution is 0.0941. The van der Waals surface area contributed by atoms with Crippen molar-refractivity contribution in [2.75, 3.05) is 0 Å². The number of hydrogen-bond donors (Lipinski definition) is 0. The molecule has 2 aromatic rings. The molecule has 5 heteroatoms. The molecular formula is C10H6BrFN2O. The Balaban J connectivity index is 2.42. The van der Waals surface area contributed by atoms with Gasteiger partial charge in [-0.05, 0) is 24.3 Å². The van der Waals surface area contributed by atoms with Crippen LogP contribution in [-0.4, -0.2) is 15.7 Å². The van der Waals surface area contributed by atoms with E-state index in [9.17, 15) is 9.18 Å². The van der Waals surface area contributed by atoms with Crippen LogP contribution in [0.25, 0.3) is 0 Å². The van der Waals surface area contributed by atoms with Crippen LogP contribution < -0.4 is 0 Å². The van der Waals surface area contributed by atoms with E-state index in [4.69, 9.17) is 0 Å². The van der Waals surface area contributed by atoms with Crippen LogP contribution in [0.1, 0.15) is 10.4 Å². The molecule has 0 N–H and O–H groups in total. The fourth-order valence-electron chi connectivity index (χ4n) is 1.18. The topological polar surface area (TPSA) is 34.9 Å². The minimum atomic E-state index is -0.565. The first-order valence-electron chi connectivity index (χ1n) is 4.18. The summed E-state index contributed by atoms with van der Waals surface area (Å²) in [6, 6.07) is 5.88. The average Bonchev–Trinajstić information content (AvgIpc) is 2.69. The van der Waals surface area contributed by atoms with E-state index in [1.165, 1.54) is 24.5 Å². The van der Waals surface area contributed by atoms with Gasteiger partial charge in [0.15, 0.2) is 0 Å². The van der Waals surface area contributed by atoms with Crippen molar-refractivity contribution >= 4 is 21.8 Å². The van der Waals surface area contributed by atoms with E-state index >= 15 is 0 Å². The second-order valence-corrected chi connectivity index (χ2v) is 3.80. The molecule has 0 aliphatic carbocycles. The van der Waals surface area contributed by atoms with Crippen molar-refractivity contribution in [3.63, 3.8) is 0 Å². The highest BCUT2D eigenvalue weighted by Gasteiger charge is 2.13. The normalized spacial score (nSPS) is 10.3. The molecule has 0 unspecified atom stereocenters. The summed E-state index contributed by atoms with van der Waals surface area (Å²) in [6.45, 7) is 0. The van der Waals surface area contributed by atoms with E-state index in [1.54, 1.807) is 12.1 Å². The summed E-state index contributed by atoms with van der Waals surface area (Å²) >= 11 is 3.12. The monoisotopic (exact) mass is 268 g/mol. The van der Waals surface area contributed by atoms with Crippen LogP contribution in [-0.2, 0) is 0 Å². The zero-order chi connectivity index (χ0) is 10.8. The van der Waals surface area contributed by atoms with Gasteiger partial charge < -0.3 is 0 Å². The SMILES string of the molecule is O=C(c1ccc(Br)cc1F)n1cccn1. The number of nitrogens with zero attached hydrogens (tertiary/aromatic N) is 2. The first-order chi connectivity index (χ1) is 7.18. The second kappa shape index (κ2) is 3.94. The Morgan fingerprint density at radius 2 is 2.27 bits per heavy atom. The summed E-state index contributed by atoms with van der Waals surface area (Å²) in [5, 5.41) is 3.74. The molecule has 0 fully saturated rings. The highest BCUT2D eigenvalue weighted by Crippen LogP contribution is 2.15. The minimum Gasteiger partial charge on any atom is -0.267 e. The van der Waals surface area contributed by atoms with Gasteiger partial charge in [-0.25, -0.2) is 9.07 Å². The lowest BCUT2D eigenvalue weighted by Crippen LogP contribution is -2.14. The first kappa shape index (κ1) is 10.0. The van der Waals surface area contributed by atoms with E-state index in [1.807, 2.05) is 0 Å². The molecule has 76 valence electrons. The minimum absolute atomic E-state index is 0.00176. The fourth-order valence-corrected chi connectivity index (χ4v) is 1.51. The van der Waals surface area contributed by atoms with Crippen LogP contribution in [0.5, 0.6) is 0 Å². The number of carbonyl (C=O) groups is 1. The summed E-state index contributed by atoms with van der Waals surface area (Å²) in [6.07, 6.45) is 2.94. The summed E-state index contributed by atoms with van der Waals surface area (Å²) in [5.74, 6) is -1.05. The Bertz CT molecular complexity index is 496. The number of carbonyl (C=O) groups excluding carboxylic acids is 1. The van der Waals surface area contributed by atoms with Crippen molar-refractivity contribution in [2.24, 2.45) is 0 Å². The number of hydrogen-bond acceptors (Lipinski definition) is 2. The highest BCUT2D eigenvalue weighted by molar-refractivity contribution is 9.10. The zero-order valence-electron chi connectivity index (χ0n) is 7.52. The first-order valence-corrected chi connectivity index (χ1v) is 4.97. The maximum absolute atomic E-state index is 13.4. The molecule has 0 atom stereocenters. The molecular weight excluding hydrogens is 263 g/mol. The van der Waals surface area contributed by atoms with Crippen molar-refractivity contribution in [1.29, 1.82) is 0 Å². The lowest BCUT2D eigenvalue weighted by atomic mass is 10.2. The van der Waals surface area contributed by atoms with Crippen LogP contribution in [0.3, 0.4) is 0 Å². The van der Waals surface area contributed by atoms with Gasteiger partial charge in [0.05, 0.1) is 5.56 Å². The van der Waals surface area contributed by atoms with Gasteiger partial charge in [-0.1, -0.05) is 15.9 Å². The van der Waals surface area contributed by atoms with E-state index in [0.29, 0.717) is 4.47 Å². The maximum Gasteiger partial charge on any atom is 0.281 e. The average molecular weight is 269 g/mol. The Morgan fingerprint density at radius 1 is 1.47 bits per heavy atom. The Labute approximate surface area is 93.7 Å². The summed E-state index contributed by atoms with van der Waals surface area (Å²) in [5.41, 5.74) is 0.00176. The van der Waals surface area contributed by atoms with Crippen LogP contribution >= 0.6 is 15.9 Å². The van der Waals surface area contributed by atoms with Crippen molar-refractivity contribution in [3.8, 4) is 0 Å². The molecule has 0 saturated carbocycles. The Kier molecular flexibility index (Phi) is 2.64. The zero-order valence-corrected chi connectivity index (χ0v) is 9.11. The van der Waals surface area contributed by atoms with Gasteiger partial charge in [-0.15, -0.1) is 0 Å². The van der Waals surface area contributed by atoms with Crippen LogP contribution in [0.4, 0.5) is 4.39 Å². The molecule has 15 heavy (non-hydrogen) atoms. The van der Waals surface area contributed by atoms with Crippen molar-refractivity contribution in [1.82, 2.24) is 9.78 Å². The van der Waals surface area contributed by atoms with Crippen molar-refractivity contribution in [3.05, 3.63) is 52.5 Å². The lowest BCUT2D eigenvalue weighted by Gasteiger charge is -2.02. The maximum atomic E-state index is 13.4. The third kappa shape index (κ3) is 1.97. The van der Waals surface area contributed by atoms with Gasteiger partial charge in [0, 0.05) is 16.9 Å². The smallest absolute Gasteiger partial charge is 0.267 e. The largest absolute Gasteiger partial charge is 0.281 e. The van der Waals surface area contributed by atoms with Crippen molar-refractivity contribution < 1.29 is 9.18 Å². The summed E-state index contributed by atoms with van der Waals surface area (Å²) < 4.78 is 15.1. The summed E-state index contributed by atoms with van der Waals surface area (Å²) in [7, 11) is 0. The molecule has 1 aromatic heterocycles. The molecule has 0 bridgehead atoms. The third-order valence-corrected chi connectivity index (χ3v) is 2.37.